The Bertz CT molecular complexity index is 798. The molecule has 0 fully saturated rings. The van der Waals surface area contributed by atoms with Crippen molar-refractivity contribution < 1.29 is 18.3 Å². The normalized spacial score (nSPS) is 10.8. The first kappa shape index (κ1) is 16.2. The zero-order chi connectivity index (χ0) is 16.9. The fraction of sp³-hybridized carbons (Fsp3) is 0.118. The number of alkyl halides is 2. The van der Waals surface area contributed by atoms with E-state index in [1.807, 2.05) is 40.5 Å². The van der Waals surface area contributed by atoms with E-state index in [-0.39, 0.29) is 11.7 Å². The van der Waals surface area contributed by atoms with Crippen LogP contribution in [0.15, 0.2) is 60.2 Å². The lowest BCUT2D eigenvalue weighted by atomic mass is 10.2. The molecule has 0 unspecified atom stereocenters. The molecule has 1 aromatic carbocycles. The highest BCUT2D eigenvalue weighted by Gasteiger charge is 2.14. The molecule has 1 amide bonds. The van der Waals surface area contributed by atoms with E-state index in [0.29, 0.717) is 11.4 Å². The van der Waals surface area contributed by atoms with Crippen molar-refractivity contribution in [3.63, 3.8) is 0 Å². The van der Waals surface area contributed by atoms with Crippen molar-refractivity contribution in [3.8, 4) is 11.4 Å². The molecule has 0 saturated carbocycles. The van der Waals surface area contributed by atoms with Crippen LogP contribution in [0.4, 0.5) is 8.78 Å². The number of thiophene rings is 1. The average molecular weight is 348 g/mol. The van der Waals surface area contributed by atoms with Gasteiger partial charge < -0.3 is 14.6 Å². The van der Waals surface area contributed by atoms with Crippen LogP contribution in [0.3, 0.4) is 0 Å². The number of ether oxygens (including phenoxy) is 1. The number of carbonyl (C=O) groups excluding carboxylic acids is 1. The number of carbonyl (C=O) groups is 1. The van der Waals surface area contributed by atoms with Gasteiger partial charge in [0, 0.05) is 18.9 Å². The van der Waals surface area contributed by atoms with Gasteiger partial charge in [0.2, 0.25) is 0 Å². The monoisotopic (exact) mass is 348 g/mol. The largest absolute Gasteiger partial charge is 0.435 e. The molecule has 2 heterocycles. The zero-order valence-corrected chi connectivity index (χ0v) is 13.3. The number of amides is 1. The quantitative estimate of drug-likeness (QED) is 0.730. The molecule has 3 aromatic rings. The van der Waals surface area contributed by atoms with E-state index in [0.717, 1.165) is 11.3 Å². The lowest BCUT2D eigenvalue weighted by Crippen LogP contribution is -2.22. The number of hydrogen-bond donors (Lipinski definition) is 1. The summed E-state index contributed by atoms with van der Waals surface area (Å²) in [4.78, 5) is 13.0. The molecule has 4 nitrogen and oxygen atoms in total. The molecular weight excluding hydrogens is 334 g/mol. The van der Waals surface area contributed by atoms with Gasteiger partial charge in [-0.25, -0.2) is 0 Å². The van der Waals surface area contributed by atoms with Gasteiger partial charge in [-0.15, -0.1) is 11.3 Å². The molecule has 124 valence electrons. The van der Waals surface area contributed by atoms with Gasteiger partial charge in [0.25, 0.3) is 5.91 Å². The Hall–Kier alpha value is -2.67. The molecule has 0 aliphatic heterocycles. The van der Waals surface area contributed by atoms with E-state index >= 15 is 0 Å². The third kappa shape index (κ3) is 3.80. The highest BCUT2D eigenvalue weighted by molar-refractivity contribution is 7.12. The van der Waals surface area contributed by atoms with E-state index < -0.39 is 6.61 Å². The molecular formula is C17H14F2N2O2S. The van der Waals surface area contributed by atoms with E-state index in [9.17, 15) is 13.6 Å². The van der Waals surface area contributed by atoms with E-state index in [4.69, 9.17) is 0 Å². The van der Waals surface area contributed by atoms with Gasteiger partial charge in [-0.05, 0) is 41.3 Å². The summed E-state index contributed by atoms with van der Waals surface area (Å²) in [7, 11) is 0. The molecule has 0 atom stereocenters. The Kier molecular flexibility index (Phi) is 4.90. The summed E-state index contributed by atoms with van der Waals surface area (Å²) >= 11 is 1.36. The van der Waals surface area contributed by atoms with Gasteiger partial charge in [0.15, 0.2) is 0 Å². The molecule has 0 aliphatic carbocycles. The Labute approximate surface area is 141 Å². The molecule has 0 bridgehead atoms. The summed E-state index contributed by atoms with van der Waals surface area (Å²) in [5, 5.41) is 4.69. The Morgan fingerprint density at radius 3 is 2.54 bits per heavy atom. The van der Waals surface area contributed by atoms with Gasteiger partial charge in [-0.2, -0.15) is 8.78 Å². The third-order valence-corrected chi connectivity index (χ3v) is 4.24. The maximum absolute atomic E-state index is 12.4. The fourth-order valence-electron chi connectivity index (χ4n) is 2.22. The molecule has 2 aromatic heterocycles. The van der Waals surface area contributed by atoms with Crippen LogP contribution >= 0.6 is 11.3 Å². The van der Waals surface area contributed by atoms with E-state index in [1.54, 1.807) is 12.1 Å². The van der Waals surface area contributed by atoms with Gasteiger partial charge in [0.05, 0.1) is 5.69 Å². The molecule has 1 N–H and O–H groups in total. The van der Waals surface area contributed by atoms with Crippen LogP contribution in [-0.2, 0) is 6.54 Å². The SMILES string of the molecule is O=C(NCc1ccc(OC(F)F)cc1)c1sccc1-n1cccc1. The van der Waals surface area contributed by atoms with Gasteiger partial charge >= 0.3 is 6.61 Å². The second-order valence-corrected chi connectivity index (χ2v) is 5.85. The minimum Gasteiger partial charge on any atom is -0.435 e. The number of halogens is 2. The molecule has 7 heteroatoms. The Morgan fingerprint density at radius 2 is 1.88 bits per heavy atom. The third-order valence-electron chi connectivity index (χ3n) is 3.33. The molecule has 0 radical (unpaired) electrons. The van der Waals surface area contributed by atoms with Crippen molar-refractivity contribution in [1.82, 2.24) is 9.88 Å². The molecule has 0 saturated heterocycles. The maximum atomic E-state index is 12.4. The van der Waals surface area contributed by atoms with Crippen LogP contribution in [0.25, 0.3) is 5.69 Å². The summed E-state index contributed by atoms with van der Waals surface area (Å²) in [6.07, 6.45) is 3.75. The van der Waals surface area contributed by atoms with Crippen molar-refractivity contribution in [2.24, 2.45) is 0 Å². The number of nitrogens with one attached hydrogen (secondary N) is 1. The van der Waals surface area contributed by atoms with Crippen molar-refractivity contribution >= 4 is 17.2 Å². The lowest BCUT2D eigenvalue weighted by Gasteiger charge is -2.08. The Balaban J connectivity index is 1.63. The summed E-state index contributed by atoms with van der Waals surface area (Å²) in [6, 6.07) is 11.8. The number of hydrogen-bond acceptors (Lipinski definition) is 3. The minimum atomic E-state index is -2.85. The van der Waals surface area contributed by atoms with Crippen molar-refractivity contribution in [1.29, 1.82) is 0 Å². The van der Waals surface area contributed by atoms with Gasteiger partial charge in [-0.3, -0.25) is 4.79 Å². The number of aromatic nitrogens is 1. The van der Waals surface area contributed by atoms with Crippen LogP contribution in [0.2, 0.25) is 0 Å². The van der Waals surface area contributed by atoms with Crippen LogP contribution in [0, 0.1) is 0 Å². The van der Waals surface area contributed by atoms with Crippen LogP contribution in [0.1, 0.15) is 15.2 Å². The maximum Gasteiger partial charge on any atom is 0.387 e. The fourth-order valence-corrected chi connectivity index (χ4v) is 3.03. The summed E-state index contributed by atoms with van der Waals surface area (Å²) < 4.78 is 30.4. The number of rotatable bonds is 6. The molecule has 0 spiro atoms. The van der Waals surface area contributed by atoms with Gasteiger partial charge in [-0.1, -0.05) is 12.1 Å². The second kappa shape index (κ2) is 7.27. The highest BCUT2D eigenvalue weighted by atomic mass is 32.1. The lowest BCUT2D eigenvalue weighted by molar-refractivity contribution is -0.0498. The summed E-state index contributed by atoms with van der Waals surface area (Å²) in [6.45, 7) is -2.54. The molecule has 24 heavy (non-hydrogen) atoms. The molecule has 3 rings (SSSR count). The predicted octanol–water partition coefficient (Wildman–Crippen LogP) is 4.07. The number of nitrogens with zero attached hydrogens (tertiary/aromatic N) is 1. The van der Waals surface area contributed by atoms with Gasteiger partial charge in [0.1, 0.15) is 10.6 Å². The van der Waals surface area contributed by atoms with E-state index in [2.05, 4.69) is 10.1 Å². The smallest absolute Gasteiger partial charge is 0.387 e. The summed E-state index contributed by atoms with van der Waals surface area (Å²) in [5.74, 6) is -0.0881. The standard InChI is InChI=1S/C17H14F2N2O2S/c18-17(19)23-13-5-3-12(4-6-13)11-20-16(22)15-14(7-10-24-15)21-8-1-2-9-21/h1-10,17H,11H2,(H,20,22). The number of benzene rings is 1. The van der Waals surface area contributed by atoms with Crippen molar-refractivity contribution in [3.05, 3.63) is 70.7 Å². The van der Waals surface area contributed by atoms with Crippen LogP contribution in [-0.4, -0.2) is 17.1 Å². The first-order chi connectivity index (χ1) is 11.6. The second-order valence-electron chi connectivity index (χ2n) is 4.93. The van der Waals surface area contributed by atoms with Crippen LogP contribution < -0.4 is 10.1 Å². The van der Waals surface area contributed by atoms with Crippen LogP contribution in [0.5, 0.6) is 5.75 Å². The molecule has 0 aliphatic rings. The highest BCUT2D eigenvalue weighted by Crippen LogP contribution is 2.21. The Morgan fingerprint density at radius 1 is 1.17 bits per heavy atom. The average Bonchev–Trinajstić information content (AvgIpc) is 3.24. The summed E-state index contributed by atoms with van der Waals surface area (Å²) in [5.41, 5.74) is 1.62. The predicted molar refractivity (Wildman–Crippen MR) is 87.9 cm³/mol. The first-order valence-corrected chi connectivity index (χ1v) is 8.04. The topological polar surface area (TPSA) is 43.3 Å². The van der Waals surface area contributed by atoms with Crippen molar-refractivity contribution in [2.45, 2.75) is 13.2 Å². The minimum absolute atomic E-state index is 0.0910. The van der Waals surface area contributed by atoms with Crippen molar-refractivity contribution in [2.75, 3.05) is 0 Å². The zero-order valence-electron chi connectivity index (χ0n) is 12.5. The van der Waals surface area contributed by atoms with E-state index in [1.165, 1.54) is 23.5 Å². The first-order valence-electron chi connectivity index (χ1n) is 7.16.